The van der Waals surface area contributed by atoms with Crippen molar-refractivity contribution in [2.45, 2.75) is 26.7 Å². The highest BCUT2D eigenvalue weighted by Gasteiger charge is 2.30. The van der Waals surface area contributed by atoms with Gasteiger partial charge in [0, 0.05) is 6.08 Å². The van der Waals surface area contributed by atoms with Crippen molar-refractivity contribution in [2.75, 3.05) is 7.11 Å². The molecule has 0 amide bonds. The summed E-state index contributed by atoms with van der Waals surface area (Å²) in [7, 11) is 1.42. The van der Waals surface area contributed by atoms with Crippen LogP contribution < -0.4 is 0 Å². The zero-order valence-electron chi connectivity index (χ0n) is 10.6. The summed E-state index contributed by atoms with van der Waals surface area (Å²) in [6, 6.07) is 8.29. The second-order valence-electron chi connectivity index (χ2n) is 5.12. The molecular weight excluding hydrogens is 212 g/mol. The fourth-order valence-electron chi connectivity index (χ4n) is 2.40. The predicted molar refractivity (Wildman–Crippen MR) is 68.5 cm³/mol. The number of allylic oxidation sites excluding steroid dienone is 1. The molecule has 0 saturated carbocycles. The van der Waals surface area contributed by atoms with Crippen LogP contribution in [-0.4, -0.2) is 13.1 Å². The summed E-state index contributed by atoms with van der Waals surface area (Å²) in [5.74, 6) is -0.273. The van der Waals surface area contributed by atoms with Crippen LogP contribution in [0, 0.1) is 5.41 Å². The zero-order valence-corrected chi connectivity index (χ0v) is 10.6. The van der Waals surface area contributed by atoms with Crippen LogP contribution in [0.4, 0.5) is 0 Å². The van der Waals surface area contributed by atoms with Crippen LogP contribution in [0.1, 0.15) is 31.4 Å². The molecule has 1 aliphatic rings. The Morgan fingerprint density at radius 3 is 2.76 bits per heavy atom. The minimum atomic E-state index is -0.273. The Morgan fingerprint density at radius 1 is 1.35 bits per heavy atom. The molecule has 1 aromatic carbocycles. The van der Waals surface area contributed by atoms with Crippen LogP contribution >= 0.6 is 0 Å². The molecule has 90 valence electrons. The summed E-state index contributed by atoms with van der Waals surface area (Å²) in [5, 5.41) is 0. The Morgan fingerprint density at radius 2 is 2.06 bits per heavy atom. The van der Waals surface area contributed by atoms with Gasteiger partial charge in [-0.25, -0.2) is 4.79 Å². The molecule has 0 fully saturated rings. The van der Waals surface area contributed by atoms with Gasteiger partial charge in [-0.15, -0.1) is 0 Å². The second kappa shape index (κ2) is 4.36. The Labute approximate surface area is 102 Å². The molecular formula is C15H18O2. The smallest absolute Gasteiger partial charge is 0.330 e. The van der Waals surface area contributed by atoms with Crippen LogP contribution in [0.15, 0.2) is 30.3 Å². The first-order chi connectivity index (χ1) is 8.04. The molecule has 0 heterocycles. The van der Waals surface area contributed by atoms with Crippen molar-refractivity contribution in [3.63, 3.8) is 0 Å². The Bertz CT molecular complexity index is 470. The van der Waals surface area contributed by atoms with Crippen molar-refractivity contribution in [3.8, 4) is 0 Å². The van der Waals surface area contributed by atoms with Gasteiger partial charge >= 0.3 is 5.97 Å². The first kappa shape index (κ1) is 11.9. The van der Waals surface area contributed by atoms with Gasteiger partial charge < -0.3 is 4.74 Å². The van der Waals surface area contributed by atoms with E-state index >= 15 is 0 Å². The lowest BCUT2D eigenvalue weighted by Crippen LogP contribution is -2.22. The summed E-state index contributed by atoms with van der Waals surface area (Å²) in [6.45, 7) is 4.36. The minimum absolute atomic E-state index is 0.0303. The maximum atomic E-state index is 11.5. The number of hydrogen-bond donors (Lipinski definition) is 0. The molecule has 0 N–H and O–H groups in total. The van der Waals surface area contributed by atoms with Gasteiger partial charge in [0.2, 0.25) is 0 Å². The van der Waals surface area contributed by atoms with Crippen molar-refractivity contribution in [3.05, 3.63) is 41.5 Å². The number of benzene rings is 1. The molecule has 0 aliphatic heterocycles. The molecule has 2 rings (SSSR count). The van der Waals surface area contributed by atoms with Gasteiger partial charge in [0.1, 0.15) is 0 Å². The summed E-state index contributed by atoms with van der Waals surface area (Å²) in [6.07, 6.45) is 3.77. The molecule has 0 atom stereocenters. The number of fused-ring (bicyclic) bond motifs is 1. The van der Waals surface area contributed by atoms with E-state index in [0.29, 0.717) is 0 Å². The number of methoxy groups -OCH3 is 1. The first-order valence-corrected chi connectivity index (χ1v) is 5.93. The van der Waals surface area contributed by atoms with Crippen molar-refractivity contribution in [1.82, 2.24) is 0 Å². The van der Waals surface area contributed by atoms with Crippen LogP contribution in [0.3, 0.4) is 0 Å². The third kappa shape index (κ3) is 2.26. The lowest BCUT2D eigenvalue weighted by Gasteiger charge is -2.34. The summed E-state index contributed by atoms with van der Waals surface area (Å²) < 4.78 is 4.75. The van der Waals surface area contributed by atoms with Gasteiger partial charge in [-0.3, -0.25) is 0 Å². The molecule has 2 nitrogen and oxygen atoms in total. The number of rotatable bonds is 1. The zero-order chi connectivity index (χ0) is 12.5. The Balaban J connectivity index is 2.53. The number of ether oxygens (including phenoxy) is 1. The summed E-state index contributed by atoms with van der Waals surface area (Å²) in [5.41, 5.74) is 3.63. The van der Waals surface area contributed by atoms with E-state index in [2.05, 4.69) is 26.0 Å². The minimum Gasteiger partial charge on any atom is -0.466 e. The fourth-order valence-corrected chi connectivity index (χ4v) is 2.40. The van der Waals surface area contributed by atoms with E-state index in [1.54, 1.807) is 6.08 Å². The lowest BCUT2D eigenvalue weighted by atomic mass is 9.70. The van der Waals surface area contributed by atoms with Crippen LogP contribution in [0.5, 0.6) is 0 Å². The molecule has 0 saturated heterocycles. The topological polar surface area (TPSA) is 26.3 Å². The number of carbonyl (C=O) groups is 1. The van der Waals surface area contributed by atoms with E-state index in [0.717, 1.165) is 18.4 Å². The normalized spacial score (nSPS) is 19.8. The summed E-state index contributed by atoms with van der Waals surface area (Å²) in [4.78, 5) is 11.5. The number of esters is 1. The highest BCUT2D eigenvalue weighted by atomic mass is 16.5. The molecule has 1 aliphatic carbocycles. The maximum absolute atomic E-state index is 11.5. The Hall–Kier alpha value is -1.57. The van der Waals surface area contributed by atoms with E-state index in [-0.39, 0.29) is 11.4 Å². The van der Waals surface area contributed by atoms with E-state index in [1.807, 2.05) is 12.1 Å². The van der Waals surface area contributed by atoms with Crippen molar-refractivity contribution >= 4 is 11.5 Å². The largest absolute Gasteiger partial charge is 0.466 e. The maximum Gasteiger partial charge on any atom is 0.330 e. The highest BCUT2D eigenvalue weighted by Crippen LogP contribution is 2.44. The molecule has 0 bridgehead atoms. The average molecular weight is 230 g/mol. The van der Waals surface area contributed by atoms with E-state index in [9.17, 15) is 4.79 Å². The molecule has 0 aromatic heterocycles. The van der Waals surface area contributed by atoms with Crippen molar-refractivity contribution in [2.24, 2.45) is 5.41 Å². The Kier molecular flexibility index (Phi) is 3.05. The lowest BCUT2D eigenvalue weighted by molar-refractivity contribution is -0.134. The van der Waals surface area contributed by atoms with Gasteiger partial charge in [-0.1, -0.05) is 38.1 Å². The molecule has 0 spiro atoms. The van der Waals surface area contributed by atoms with E-state index < -0.39 is 0 Å². The number of hydrogen-bond acceptors (Lipinski definition) is 2. The number of carbonyl (C=O) groups excluding carboxylic acids is 1. The molecule has 0 unspecified atom stereocenters. The highest BCUT2D eigenvalue weighted by molar-refractivity contribution is 5.93. The van der Waals surface area contributed by atoms with Gasteiger partial charge in [0.15, 0.2) is 0 Å². The van der Waals surface area contributed by atoms with Crippen molar-refractivity contribution in [1.29, 1.82) is 0 Å². The standard InChI is InChI=1S/C15H18O2/c1-15(2)9-8-11-6-4-5-7-12(11)13(15)10-14(16)17-3/h4-7,10H,8-9H2,1-3H3/b13-10-. The second-order valence-corrected chi connectivity index (χ2v) is 5.12. The molecule has 0 radical (unpaired) electrons. The van der Waals surface area contributed by atoms with Gasteiger partial charge in [-0.05, 0) is 35.0 Å². The molecule has 1 aromatic rings. The number of aryl methyl sites for hydroxylation is 1. The average Bonchev–Trinajstić information content (AvgIpc) is 2.32. The van der Waals surface area contributed by atoms with Crippen LogP contribution in [0.25, 0.3) is 5.57 Å². The predicted octanol–water partition coefficient (Wildman–Crippen LogP) is 3.22. The van der Waals surface area contributed by atoms with Gasteiger partial charge in [0.25, 0.3) is 0 Å². The van der Waals surface area contributed by atoms with Crippen molar-refractivity contribution < 1.29 is 9.53 Å². The third-order valence-electron chi connectivity index (χ3n) is 3.52. The van der Waals surface area contributed by atoms with Crippen LogP contribution in [0.2, 0.25) is 0 Å². The molecule has 2 heteroatoms. The monoisotopic (exact) mass is 230 g/mol. The summed E-state index contributed by atoms with van der Waals surface area (Å²) >= 11 is 0. The van der Waals surface area contributed by atoms with Crippen LogP contribution in [-0.2, 0) is 16.0 Å². The van der Waals surface area contributed by atoms with E-state index in [1.165, 1.54) is 18.2 Å². The molecule has 17 heavy (non-hydrogen) atoms. The van der Waals surface area contributed by atoms with Gasteiger partial charge in [-0.2, -0.15) is 0 Å². The quantitative estimate of drug-likeness (QED) is 0.547. The SMILES string of the molecule is COC(=O)/C=C1/c2ccccc2CCC1(C)C. The fraction of sp³-hybridized carbons (Fsp3) is 0.400. The van der Waals surface area contributed by atoms with Gasteiger partial charge in [0.05, 0.1) is 7.11 Å². The third-order valence-corrected chi connectivity index (χ3v) is 3.52. The van der Waals surface area contributed by atoms with E-state index in [4.69, 9.17) is 4.74 Å². The first-order valence-electron chi connectivity index (χ1n) is 5.93.